The van der Waals surface area contributed by atoms with Crippen LogP contribution in [0.3, 0.4) is 0 Å². The summed E-state index contributed by atoms with van der Waals surface area (Å²) in [6, 6.07) is 30.8. The molecule has 0 aliphatic carbocycles. The van der Waals surface area contributed by atoms with E-state index in [-0.39, 0.29) is 18.0 Å². The number of aromatic nitrogens is 2. The highest BCUT2D eigenvalue weighted by Gasteiger charge is 2.41. The highest BCUT2D eigenvalue weighted by molar-refractivity contribution is 7.80. The Morgan fingerprint density at radius 3 is 2.55 bits per heavy atom. The van der Waals surface area contributed by atoms with Crippen LogP contribution in [0.15, 0.2) is 97.2 Å². The van der Waals surface area contributed by atoms with Crippen molar-refractivity contribution in [2.75, 3.05) is 11.9 Å². The van der Waals surface area contributed by atoms with Crippen LogP contribution in [-0.2, 0) is 11.2 Å². The number of para-hydroxylation sites is 1. The number of aryl methyl sites for hydroxylation is 2. The molecule has 1 amide bonds. The maximum absolute atomic E-state index is 13.2. The molecule has 0 bridgehead atoms. The van der Waals surface area contributed by atoms with Gasteiger partial charge in [-0.2, -0.15) is 0 Å². The van der Waals surface area contributed by atoms with Crippen molar-refractivity contribution in [3.63, 3.8) is 0 Å². The lowest BCUT2D eigenvalue weighted by atomic mass is 9.96. The van der Waals surface area contributed by atoms with Crippen molar-refractivity contribution in [2.45, 2.75) is 45.7 Å². The van der Waals surface area contributed by atoms with E-state index in [1.807, 2.05) is 48.7 Å². The van der Waals surface area contributed by atoms with Gasteiger partial charge in [0.2, 0.25) is 5.91 Å². The first-order chi connectivity index (χ1) is 20.5. The molecule has 1 aliphatic rings. The number of amides is 1. The molecular formula is C35H35N5OS. The molecule has 1 aliphatic heterocycles. The van der Waals surface area contributed by atoms with Gasteiger partial charge in [0.25, 0.3) is 0 Å². The highest BCUT2D eigenvalue weighted by Crippen LogP contribution is 2.42. The van der Waals surface area contributed by atoms with Crippen molar-refractivity contribution < 1.29 is 4.79 Å². The Morgan fingerprint density at radius 2 is 1.74 bits per heavy atom. The molecule has 3 aromatic carbocycles. The molecule has 2 N–H and O–H groups in total. The van der Waals surface area contributed by atoms with Gasteiger partial charge in [-0.1, -0.05) is 67.6 Å². The van der Waals surface area contributed by atoms with Gasteiger partial charge in [-0.25, -0.2) is 0 Å². The molecule has 2 unspecified atom stereocenters. The summed E-state index contributed by atoms with van der Waals surface area (Å²) in [7, 11) is 0. The fraction of sp³-hybridized carbons (Fsp3) is 0.229. The van der Waals surface area contributed by atoms with Crippen LogP contribution in [0.25, 0.3) is 16.5 Å². The van der Waals surface area contributed by atoms with Gasteiger partial charge in [0.15, 0.2) is 5.11 Å². The van der Waals surface area contributed by atoms with Gasteiger partial charge in [-0.15, -0.1) is 0 Å². The van der Waals surface area contributed by atoms with E-state index in [1.54, 1.807) is 0 Å². The lowest BCUT2D eigenvalue weighted by Gasteiger charge is -2.28. The lowest BCUT2D eigenvalue weighted by molar-refractivity contribution is -0.116. The van der Waals surface area contributed by atoms with E-state index in [4.69, 9.17) is 17.2 Å². The average Bonchev–Trinajstić information content (AvgIpc) is 3.50. The zero-order valence-electron chi connectivity index (χ0n) is 24.2. The van der Waals surface area contributed by atoms with Crippen LogP contribution in [0.4, 0.5) is 5.69 Å². The number of hydrogen-bond donors (Lipinski definition) is 2. The summed E-state index contributed by atoms with van der Waals surface area (Å²) in [5.74, 6) is -0.0278. The zero-order chi connectivity index (χ0) is 29.2. The maximum atomic E-state index is 13.2. The fourth-order valence-corrected chi connectivity index (χ4v) is 6.56. The van der Waals surface area contributed by atoms with E-state index >= 15 is 0 Å². The molecule has 212 valence electrons. The number of fused-ring (bicyclic) bond motifs is 1. The molecule has 6 nitrogen and oxygen atoms in total. The standard InChI is InChI=1S/C35H35N5OS/c1-4-25-12-6-8-16-29(25)37-32(41)19-21-39-34(33(38-35(39)42)30-17-9-10-20-36-30)28-22-23(2)40(24(28)3)31-18-11-14-26-13-5-7-15-27(26)31/h5-18,20,22,33-34H,4,19,21H2,1-3H3,(H,37,41)(H,38,42). The number of pyridine rings is 1. The number of anilines is 1. The molecule has 7 heteroatoms. The van der Waals surface area contributed by atoms with Crippen molar-refractivity contribution in [3.8, 4) is 5.69 Å². The van der Waals surface area contributed by atoms with Crippen LogP contribution >= 0.6 is 12.2 Å². The molecule has 5 aromatic rings. The molecule has 0 saturated carbocycles. The minimum absolute atomic E-state index is 0.0278. The summed E-state index contributed by atoms with van der Waals surface area (Å²) >= 11 is 5.90. The maximum Gasteiger partial charge on any atom is 0.226 e. The molecule has 42 heavy (non-hydrogen) atoms. The first-order valence-corrected chi connectivity index (χ1v) is 14.9. The van der Waals surface area contributed by atoms with Gasteiger partial charge in [0.1, 0.15) is 0 Å². The summed E-state index contributed by atoms with van der Waals surface area (Å²) in [6.45, 7) is 6.90. The van der Waals surface area contributed by atoms with Crippen molar-refractivity contribution in [2.24, 2.45) is 0 Å². The predicted molar refractivity (Wildman–Crippen MR) is 174 cm³/mol. The Bertz CT molecular complexity index is 1760. The number of nitrogens with one attached hydrogen (secondary N) is 2. The lowest BCUT2D eigenvalue weighted by Crippen LogP contribution is -2.33. The second kappa shape index (κ2) is 11.8. The summed E-state index contributed by atoms with van der Waals surface area (Å²) in [5.41, 5.74) is 7.52. The summed E-state index contributed by atoms with van der Waals surface area (Å²) < 4.78 is 2.33. The van der Waals surface area contributed by atoms with E-state index in [1.165, 1.54) is 16.3 Å². The van der Waals surface area contributed by atoms with Gasteiger partial charge in [0, 0.05) is 41.6 Å². The van der Waals surface area contributed by atoms with E-state index in [0.717, 1.165) is 40.4 Å². The average molecular weight is 574 g/mol. The summed E-state index contributed by atoms with van der Waals surface area (Å²) in [5, 5.41) is 9.70. The second-order valence-electron chi connectivity index (χ2n) is 10.8. The Hall–Kier alpha value is -4.49. The van der Waals surface area contributed by atoms with Gasteiger partial charge in [-0.05, 0) is 79.3 Å². The zero-order valence-corrected chi connectivity index (χ0v) is 25.0. The van der Waals surface area contributed by atoms with Crippen LogP contribution in [-0.4, -0.2) is 32.0 Å². The largest absolute Gasteiger partial charge is 0.352 e. The van der Waals surface area contributed by atoms with Crippen molar-refractivity contribution >= 4 is 39.7 Å². The Labute approximate surface area is 252 Å². The van der Waals surface area contributed by atoms with Crippen molar-refractivity contribution in [1.82, 2.24) is 19.8 Å². The van der Waals surface area contributed by atoms with E-state index in [2.05, 4.69) is 89.4 Å². The number of rotatable bonds is 8. The van der Waals surface area contributed by atoms with Crippen LogP contribution in [0, 0.1) is 13.8 Å². The van der Waals surface area contributed by atoms with E-state index in [0.29, 0.717) is 18.1 Å². The molecule has 1 fully saturated rings. The molecule has 0 radical (unpaired) electrons. The molecular weight excluding hydrogens is 538 g/mol. The van der Waals surface area contributed by atoms with Gasteiger partial charge < -0.3 is 20.1 Å². The third-order valence-electron chi connectivity index (χ3n) is 8.25. The van der Waals surface area contributed by atoms with Crippen LogP contribution in [0.1, 0.15) is 53.6 Å². The normalized spacial score (nSPS) is 16.5. The molecule has 6 rings (SSSR count). The quantitative estimate of drug-likeness (QED) is 0.192. The van der Waals surface area contributed by atoms with Gasteiger partial charge in [-0.3, -0.25) is 9.78 Å². The van der Waals surface area contributed by atoms with Gasteiger partial charge >= 0.3 is 0 Å². The van der Waals surface area contributed by atoms with Crippen LogP contribution in [0.2, 0.25) is 0 Å². The minimum atomic E-state index is -0.149. The SMILES string of the molecule is CCc1ccccc1NC(=O)CCN1C(=S)NC(c2ccccn2)C1c1cc(C)n(-c2cccc3ccccc23)c1C. The van der Waals surface area contributed by atoms with Crippen molar-refractivity contribution in [1.29, 1.82) is 0 Å². The van der Waals surface area contributed by atoms with Crippen molar-refractivity contribution in [3.05, 3.63) is 125 Å². The first kappa shape index (κ1) is 27.7. The number of carbonyl (C=O) groups is 1. The summed E-state index contributed by atoms with van der Waals surface area (Å²) in [6.07, 6.45) is 2.99. The van der Waals surface area contributed by atoms with E-state index < -0.39 is 0 Å². The Balaban J connectivity index is 1.36. The van der Waals surface area contributed by atoms with E-state index in [9.17, 15) is 4.79 Å². The highest BCUT2D eigenvalue weighted by atomic mass is 32.1. The smallest absolute Gasteiger partial charge is 0.226 e. The Morgan fingerprint density at radius 1 is 0.976 bits per heavy atom. The molecule has 2 atom stereocenters. The predicted octanol–water partition coefficient (Wildman–Crippen LogP) is 7.21. The fourth-order valence-electron chi connectivity index (χ4n) is 6.23. The topological polar surface area (TPSA) is 62.2 Å². The molecule has 3 heterocycles. The number of thiocarbonyl (C=S) groups is 1. The van der Waals surface area contributed by atoms with Crippen LogP contribution < -0.4 is 10.6 Å². The van der Waals surface area contributed by atoms with Gasteiger partial charge in [0.05, 0.1) is 23.5 Å². The first-order valence-electron chi connectivity index (χ1n) is 14.5. The number of benzene rings is 3. The molecule has 0 spiro atoms. The number of hydrogen-bond acceptors (Lipinski definition) is 3. The minimum Gasteiger partial charge on any atom is -0.352 e. The van der Waals surface area contributed by atoms with Crippen LogP contribution in [0.5, 0.6) is 0 Å². The summed E-state index contributed by atoms with van der Waals surface area (Å²) in [4.78, 5) is 20.0. The second-order valence-corrected chi connectivity index (χ2v) is 11.2. The third kappa shape index (κ3) is 5.16. The third-order valence-corrected chi connectivity index (χ3v) is 8.60. The molecule has 2 aromatic heterocycles. The Kier molecular flexibility index (Phi) is 7.76. The number of nitrogens with zero attached hydrogens (tertiary/aromatic N) is 3. The monoisotopic (exact) mass is 573 g/mol. The molecule has 1 saturated heterocycles. The number of carbonyl (C=O) groups excluding carboxylic acids is 1.